The van der Waals surface area contributed by atoms with Crippen molar-refractivity contribution in [3.63, 3.8) is 0 Å². The van der Waals surface area contributed by atoms with Gasteiger partial charge in [-0.1, -0.05) is 13.3 Å². The van der Waals surface area contributed by atoms with Gasteiger partial charge in [-0.25, -0.2) is 9.59 Å². The predicted octanol–water partition coefficient (Wildman–Crippen LogP) is 1.10. The van der Waals surface area contributed by atoms with E-state index < -0.39 is 23.4 Å². The molecule has 12 nitrogen and oxygen atoms in total. The summed E-state index contributed by atoms with van der Waals surface area (Å²) < 4.78 is 5.30. The Labute approximate surface area is 222 Å². The molecule has 0 radical (unpaired) electrons. The highest BCUT2D eigenvalue weighted by Gasteiger charge is 2.68. The molecule has 5 rings (SSSR count). The van der Waals surface area contributed by atoms with Crippen LogP contribution in [0.2, 0.25) is 0 Å². The molecule has 5 aliphatic rings. The molecule has 0 unspecified atom stereocenters. The average molecular weight is 531 g/mol. The van der Waals surface area contributed by atoms with E-state index in [9.17, 15) is 24.0 Å². The average Bonchev–Trinajstić information content (AvgIpc) is 3.02. The molecule has 2 spiro atoms. The molecule has 0 aromatic heterocycles. The Morgan fingerprint density at radius 2 is 1.61 bits per heavy atom. The highest BCUT2D eigenvalue weighted by Crippen LogP contribution is 2.61. The van der Waals surface area contributed by atoms with E-state index in [1.54, 1.807) is 4.90 Å². The number of hydrogen-bond donors (Lipinski definition) is 2. The molecule has 38 heavy (non-hydrogen) atoms. The lowest BCUT2D eigenvalue weighted by molar-refractivity contribution is -0.153. The number of barbiturate groups is 1. The maximum Gasteiger partial charge on any atom is 0.334 e. The molecule has 2 aliphatic carbocycles. The maximum atomic E-state index is 13.4. The summed E-state index contributed by atoms with van der Waals surface area (Å²) in [4.78, 5) is 71.2. The molecule has 7 amide bonds. The maximum absolute atomic E-state index is 13.4. The minimum atomic E-state index is -0.806. The van der Waals surface area contributed by atoms with Gasteiger partial charge in [0.1, 0.15) is 16.9 Å². The van der Waals surface area contributed by atoms with Crippen molar-refractivity contribution in [1.82, 2.24) is 19.6 Å². The summed E-state index contributed by atoms with van der Waals surface area (Å²) in [5, 5.41) is 0. The molecule has 0 aromatic rings. The Kier molecular flexibility index (Phi) is 6.65. The summed E-state index contributed by atoms with van der Waals surface area (Å²) in [6.07, 6.45) is 5.09. The molecule has 0 aromatic carbocycles. The van der Waals surface area contributed by atoms with Gasteiger partial charge in [-0.15, -0.1) is 0 Å². The molecular formula is C26H38N6O6. The van der Waals surface area contributed by atoms with Crippen LogP contribution in [0.25, 0.3) is 0 Å². The fourth-order valence-corrected chi connectivity index (χ4v) is 7.05. The van der Waals surface area contributed by atoms with Crippen LogP contribution in [0.1, 0.15) is 65.2 Å². The number of unbranched alkanes of at least 4 members (excludes halogenated alkanes) is 1. The van der Waals surface area contributed by atoms with E-state index in [1.807, 2.05) is 13.8 Å². The van der Waals surface area contributed by atoms with Gasteiger partial charge < -0.3 is 21.1 Å². The number of carbonyl (C=O) groups excluding carboxylic acids is 5. The fraction of sp³-hybridized carbons (Fsp3) is 0.731. The first kappa shape index (κ1) is 26.5. The van der Waals surface area contributed by atoms with Gasteiger partial charge in [0.05, 0.1) is 13.2 Å². The van der Waals surface area contributed by atoms with Crippen molar-refractivity contribution in [2.75, 3.05) is 32.8 Å². The number of urea groups is 2. The molecule has 12 heteroatoms. The molecule has 4 N–H and O–H groups in total. The van der Waals surface area contributed by atoms with Crippen LogP contribution in [-0.2, 0) is 19.1 Å². The first-order chi connectivity index (χ1) is 18.1. The molecule has 0 bridgehead atoms. The van der Waals surface area contributed by atoms with Gasteiger partial charge in [0.25, 0.3) is 17.7 Å². The lowest BCUT2D eigenvalue weighted by atomic mass is 9.51. The number of hydrogen-bond acceptors (Lipinski definition) is 8. The Hall–Kier alpha value is -3.15. The van der Waals surface area contributed by atoms with Gasteiger partial charge in [-0.3, -0.25) is 29.1 Å². The largest absolute Gasteiger partial charge is 0.385 e. The van der Waals surface area contributed by atoms with Crippen LogP contribution in [0, 0.1) is 11.3 Å². The van der Waals surface area contributed by atoms with Crippen LogP contribution < -0.4 is 11.5 Å². The number of nitrogens with two attached hydrogens (primary N) is 2. The van der Waals surface area contributed by atoms with Crippen molar-refractivity contribution in [1.29, 1.82) is 0 Å². The number of ether oxygens (including phenoxy) is 1. The van der Waals surface area contributed by atoms with Crippen LogP contribution in [0.3, 0.4) is 0 Å². The van der Waals surface area contributed by atoms with Gasteiger partial charge in [0.15, 0.2) is 0 Å². The van der Waals surface area contributed by atoms with Crippen LogP contribution in [-0.4, -0.2) is 93.8 Å². The zero-order valence-electron chi connectivity index (χ0n) is 22.2. The number of nitrogens with zero attached hydrogens (tertiary/aromatic N) is 4. The number of amides is 7. The summed E-state index contributed by atoms with van der Waals surface area (Å²) in [5.41, 5.74) is 10.1. The van der Waals surface area contributed by atoms with E-state index >= 15 is 0 Å². The number of rotatable bonds is 7. The van der Waals surface area contributed by atoms with Crippen molar-refractivity contribution in [2.45, 2.75) is 76.8 Å². The van der Waals surface area contributed by atoms with Crippen molar-refractivity contribution in [2.24, 2.45) is 22.8 Å². The number of likely N-dealkylation sites (N-methyl/N-ethyl adjacent to an activating group) is 1. The second-order valence-corrected chi connectivity index (χ2v) is 11.6. The second kappa shape index (κ2) is 9.55. The highest BCUT2D eigenvalue weighted by molar-refractivity contribution is 6.29. The highest BCUT2D eigenvalue weighted by atomic mass is 16.5. The summed E-state index contributed by atoms with van der Waals surface area (Å²) in [5.74, 6) is -1.71. The van der Waals surface area contributed by atoms with E-state index in [4.69, 9.17) is 16.2 Å². The fourth-order valence-electron chi connectivity index (χ4n) is 7.05. The van der Waals surface area contributed by atoms with Gasteiger partial charge >= 0.3 is 12.1 Å². The predicted molar refractivity (Wildman–Crippen MR) is 135 cm³/mol. The SMILES string of the molecule is CCCCN1C(=O)C(=C(N)N)C(=O)N(C2CCC3(CC2)CC2(C3)C(=O)N(CC)C(=O)N2CC2COC2)C1=O. The van der Waals surface area contributed by atoms with Gasteiger partial charge in [0, 0.05) is 31.6 Å². The zero-order valence-corrected chi connectivity index (χ0v) is 22.2. The zero-order chi connectivity index (χ0) is 27.4. The standard InChI is InChI=1S/C26H38N6O6/c1-3-5-10-30-20(33)18(19(27)28)21(34)32(24(30)37)17-6-8-25(9-7-17)14-26(15-25)22(35)29(4-2)23(36)31(26)11-16-12-38-13-16/h16-17H,3-15,27-28H2,1-2H3. The van der Waals surface area contributed by atoms with E-state index in [2.05, 4.69) is 0 Å². The smallest absolute Gasteiger partial charge is 0.334 e. The lowest BCUT2D eigenvalue weighted by Gasteiger charge is -2.59. The van der Waals surface area contributed by atoms with Crippen LogP contribution in [0.4, 0.5) is 9.59 Å². The molecule has 3 heterocycles. The Morgan fingerprint density at radius 1 is 0.947 bits per heavy atom. The molecule has 3 aliphatic heterocycles. The van der Waals surface area contributed by atoms with Gasteiger partial charge in [-0.05, 0) is 57.3 Å². The van der Waals surface area contributed by atoms with E-state index in [0.717, 1.165) is 11.3 Å². The summed E-state index contributed by atoms with van der Waals surface area (Å²) in [7, 11) is 0. The molecule has 2 saturated carbocycles. The van der Waals surface area contributed by atoms with Gasteiger partial charge in [0.2, 0.25) is 0 Å². The number of imide groups is 3. The molecular weight excluding hydrogens is 492 g/mol. The van der Waals surface area contributed by atoms with Crippen LogP contribution in [0.5, 0.6) is 0 Å². The van der Waals surface area contributed by atoms with Crippen LogP contribution >= 0.6 is 0 Å². The lowest BCUT2D eigenvalue weighted by Crippen LogP contribution is -2.66. The molecule has 208 valence electrons. The summed E-state index contributed by atoms with van der Waals surface area (Å²) in [6.45, 7) is 6.04. The molecule has 5 fully saturated rings. The van der Waals surface area contributed by atoms with Gasteiger partial charge in [-0.2, -0.15) is 0 Å². The summed E-state index contributed by atoms with van der Waals surface area (Å²) >= 11 is 0. The minimum Gasteiger partial charge on any atom is -0.385 e. The third-order valence-corrected chi connectivity index (χ3v) is 9.15. The minimum absolute atomic E-state index is 0.113. The quantitative estimate of drug-likeness (QED) is 0.281. The summed E-state index contributed by atoms with van der Waals surface area (Å²) in [6, 6.07) is -1.22. The van der Waals surface area contributed by atoms with E-state index in [0.29, 0.717) is 71.2 Å². The third kappa shape index (κ3) is 3.87. The van der Waals surface area contributed by atoms with Crippen molar-refractivity contribution < 1.29 is 28.7 Å². The van der Waals surface area contributed by atoms with E-state index in [-0.39, 0.29) is 47.3 Å². The van der Waals surface area contributed by atoms with E-state index in [1.165, 1.54) is 9.80 Å². The van der Waals surface area contributed by atoms with Crippen molar-refractivity contribution in [3.05, 3.63) is 11.4 Å². The third-order valence-electron chi connectivity index (χ3n) is 9.15. The molecule has 3 saturated heterocycles. The first-order valence-electron chi connectivity index (χ1n) is 13.7. The Morgan fingerprint density at radius 3 is 2.13 bits per heavy atom. The monoisotopic (exact) mass is 530 g/mol. The Balaban J connectivity index is 1.30. The second-order valence-electron chi connectivity index (χ2n) is 11.6. The van der Waals surface area contributed by atoms with Crippen molar-refractivity contribution in [3.8, 4) is 0 Å². The number of carbonyl (C=O) groups is 5. The normalized spacial score (nSPS) is 32.1. The Bertz CT molecular complexity index is 1080. The van der Waals surface area contributed by atoms with Crippen molar-refractivity contribution >= 4 is 29.8 Å². The molecule has 0 atom stereocenters. The topological polar surface area (TPSA) is 160 Å². The first-order valence-corrected chi connectivity index (χ1v) is 13.7. The van der Waals surface area contributed by atoms with Crippen LogP contribution in [0.15, 0.2) is 11.4 Å².